The maximum absolute atomic E-state index is 14.7. The first-order valence-electron chi connectivity index (χ1n) is 11.8. The fraction of sp³-hybridized carbons (Fsp3) is 0.478. The standard InChI is InChI=1S/C23H27FN10O2/c1-23(2)10-14(7-15-5-4-6-33(15)23)27-20-13(11-25)12-26-21(29-20)28-17-9-18(19(35)8-16(17)24)34-22(36)32(3)30-31-34/h8-9,12,14-15,35H,4-7,10H2,1-3H3,(H2,26,27,28,29)/t14-,15+/m1/s1. The molecular weight excluding hydrogens is 467 g/mol. The molecule has 3 N–H and O–H groups in total. The average Bonchev–Trinajstić information content (AvgIpc) is 3.43. The van der Waals surface area contributed by atoms with Gasteiger partial charge in [0.15, 0.2) is 5.82 Å². The molecule has 0 amide bonds. The monoisotopic (exact) mass is 494 g/mol. The van der Waals surface area contributed by atoms with Gasteiger partial charge in [0.2, 0.25) is 5.95 Å². The molecule has 0 unspecified atom stereocenters. The van der Waals surface area contributed by atoms with Crippen LogP contribution in [0.1, 0.15) is 45.1 Å². The number of aryl methyl sites for hydroxylation is 1. The van der Waals surface area contributed by atoms with Gasteiger partial charge in [-0.3, -0.25) is 4.90 Å². The highest BCUT2D eigenvalue weighted by molar-refractivity contribution is 5.64. The average molecular weight is 495 g/mol. The Labute approximate surface area is 206 Å². The molecule has 4 heterocycles. The van der Waals surface area contributed by atoms with Crippen LogP contribution in [0.3, 0.4) is 0 Å². The van der Waals surface area contributed by atoms with Crippen molar-refractivity contribution in [2.24, 2.45) is 7.05 Å². The van der Waals surface area contributed by atoms with Gasteiger partial charge in [0.25, 0.3) is 0 Å². The summed E-state index contributed by atoms with van der Waals surface area (Å²) in [4.78, 5) is 23.4. The van der Waals surface area contributed by atoms with E-state index in [1.807, 2.05) is 0 Å². The highest BCUT2D eigenvalue weighted by Gasteiger charge is 2.43. The van der Waals surface area contributed by atoms with Crippen molar-refractivity contribution in [2.75, 3.05) is 17.2 Å². The summed E-state index contributed by atoms with van der Waals surface area (Å²) in [7, 11) is 1.41. The molecule has 2 saturated heterocycles. The van der Waals surface area contributed by atoms with Gasteiger partial charge in [-0.05, 0) is 62.6 Å². The Morgan fingerprint density at radius 3 is 2.83 bits per heavy atom. The minimum atomic E-state index is -0.786. The molecule has 2 fully saturated rings. The van der Waals surface area contributed by atoms with Crippen molar-refractivity contribution in [2.45, 2.75) is 57.2 Å². The fourth-order valence-corrected chi connectivity index (χ4v) is 5.35. The highest BCUT2D eigenvalue weighted by atomic mass is 19.1. The normalized spacial score (nSPS) is 21.1. The Bertz CT molecular complexity index is 1410. The molecule has 0 radical (unpaired) electrons. The zero-order valence-electron chi connectivity index (χ0n) is 20.2. The number of phenols is 1. The highest BCUT2D eigenvalue weighted by Crippen LogP contribution is 2.38. The third-order valence-electron chi connectivity index (χ3n) is 6.97. The van der Waals surface area contributed by atoms with E-state index < -0.39 is 17.3 Å². The molecule has 3 aromatic rings. The van der Waals surface area contributed by atoms with E-state index in [2.05, 4.69) is 55.8 Å². The number of rotatable bonds is 5. The van der Waals surface area contributed by atoms with Gasteiger partial charge in [0, 0.05) is 30.7 Å². The van der Waals surface area contributed by atoms with Gasteiger partial charge >= 0.3 is 5.69 Å². The number of nitrogens with zero attached hydrogens (tertiary/aromatic N) is 8. The van der Waals surface area contributed by atoms with E-state index in [0.29, 0.717) is 11.9 Å². The Morgan fingerprint density at radius 1 is 1.31 bits per heavy atom. The number of benzene rings is 1. The van der Waals surface area contributed by atoms with E-state index in [4.69, 9.17) is 0 Å². The Morgan fingerprint density at radius 2 is 2.11 bits per heavy atom. The first-order chi connectivity index (χ1) is 17.2. The topological polar surface area (TPSA) is 150 Å². The molecular formula is C23H27FN10O2. The summed E-state index contributed by atoms with van der Waals surface area (Å²) >= 11 is 0. The number of tetrazole rings is 1. The summed E-state index contributed by atoms with van der Waals surface area (Å²) in [5, 5.41) is 33.3. The lowest BCUT2D eigenvalue weighted by atomic mass is 9.84. The number of anilines is 3. The number of halogens is 1. The number of nitrogens with one attached hydrogen (secondary N) is 2. The van der Waals surface area contributed by atoms with Crippen LogP contribution < -0.4 is 16.3 Å². The predicted molar refractivity (Wildman–Crippen MR) is 129 cm³/mol. The molecule has 2 aromatic heterocycles. The maximum Gasteiger partial charge on any atom is 0.368 e. The Hall–Kier alpha value is -4.05. The molecule has 188 valence electrons. The molecule has 0 spiro atoms. The van der Waals surface area contributed by atoms with E-state index in [1.54, 1.807) is 0 Å². The Balaban J connectivity index is 1.42. The van der Waals surface area contributed by atoms with E-state index in [0.717, 1.165) is 41.2 Å². The van der Waals surface area contributed by atoms with Crippen LogP contribution in [0, 0.1) is 17.1 Å². The van der Waals surface area contributed by atoms with Crippen LogP contribution in [-0.2, 0) is 7.05 Å². The number of hydrogen-bond acceptors (Lipinski definition) is 10. The molecule has 12 nitrogen and oxygen atoms in total. The van der Waals surface area contributed by atoms with E-state index in [-0.39, 0.29) is 34.5 Å². The van der Waals surface area contributed by atoms with Crippen molar-refractivity contribution in [3.8, 4) is 17.5 Å². The quantitative estimate of drug-likeness (QED) is 0.450. The number of nitriles is 1. The van der Waals surface area contributed by atoms with Gasteiger partial charge in [-0.25, -0.2) is 14.2 Å². The van der Waals surface area contributed by atoms with Gasteiger partial charge in [0.1, 0.15) is 28.9 Å². The van der Waals surface area contributed by atoms with Gasteiger partial charge in [-0.1, -0.05) is 0 Å². The number of phenolic OH excluding ortho intramolecular Hbond substituents is 1. The van der Waals surface area contributed by atoms with E-state index in [1.165, 1.54) is 25.7 Å². The molecule has 1 aromatic carbocycles. The molecule has 36 heavy (non-hydrogen) atoms. The first-order valence-corrected chi connectivity index (χ1v) is 11.8. The number of aromatic nitrogens is 6. The zero-order valence-corrected chi connectivity index (χ0v) is 20.2. The summed E-state index contributed by atoms with van der Waals surface area (Å²) in [6, 6.07) is 4.80. The van der Waals surface area contributed by atoms with E-state index in [9.17, 15) is 19.6 Å². The minimum absolute atomic E-state index is 0.0297. The summed E-state index contributed by atoms with van der Waals surface area (Å²) in [5.74, 6) is -0.849. The lowest BCUT2D eigenvalue weighted by Crippen LogP contribution is -2.55. The molecule has 2 aliphatic rings. The van der Waals surface area contributed by atoms with Crippen LogP contribution in [0.4, 0.5) is 21.8 Å². The SMILES string of the molecule is Cn1nnn(-c2cc(Nc3ncc(C#N)c(N[C@@H]4C[C@@H]5CCCN5C(C)(C)C4)n3)c(F)cc2O)c1=O. The van der Waals surface area contributed by atoms with E-state index >= 15 is 0 Å². The van der Waals surface area contributed by atoms with Gasteiger partial charge in [0.05, 0.1) is 11.9 Å². The van der Waals surface area contributed by atoms with Crippen molar-refractivity contribution in [1.82, 2.24) is 34.7 Å². The summed E-state index contributed by atoms with van der Waals surface area (Å²) < 4.78 is 16.5. The molecule has 0 bridgehead atoms. The van der Waals surface area contributed by atoms with Gasteiger partial charge < -0.3 is 15.7 Å². The van der Waals surface area contributed by atoms with Crippen molar-refractivity contribution >= 4 is 17.5 Å². The second-order valence-corrected chi connectivity index (χ2v) is 9.89. The minimum Gasteiger partial charge on any atom is -0.506 e. The third-order valence-corrected chi connectivity index (χ3v) is 6.97. The Kier molecular flexibility index (Phi) is 5.83. The number of fused-ring (bicyclic) bond motifs is 1. The third kappa shape index (κ3) is 4.24. The van der Waals surface area contributed by atoms with Crippen LogP contribution in [0.2, 0.25) is 0 Å². The molecule has 2 aliphatic heterocycles. The van der Waals surface area contributed by atoms with Gasteiger partial charge in [-0.2, -0.15) is 19.6 Å². The van der Waals surface area contributed by atoms with Gasteiger partial charge in [-0.15, -0.1) is 0 Å². The van der Waals surface area contributed by atoms with Crippen LogP contribution in [0.15, 0.2) is 23.1 Å². The largest absolute Gasteiger partial charge is 0.506 e. The first kappa shape index (κ1) is 23.7. The summed E-state index contributed by atoms with van der Waals surface area (Å²) in [6.45, 7) is 5.59. The van der Waals surface area contributed by atoms with Crippen molar-refractivity contribution < 1.29 is 9.50 Å². The lowest BCUT2D eigenvalue weighted by molar-refractivity contribution is 0.0501. The van der Waals surface area contributed by atoms with Crippen molar-refractivity contribution in [3.05, 3.63) is 40.2 Å². The molecule has 2 atom stereocenters. The molecule has 13 heteroatoms. The number of aromatic hydroxyl groups is 1. The number of hydrogen-bond donors (Lipinski definition) is 3. The zero-order chi connectivity index (χ0) is 25.6. The van der Waals surface area contributed by atoms with Crippen LogP contribution in [0.5, 0.6) is 5.75 Å². The lowest BCUT2D eigenvalue weighted by Gasteiger charge is -2.47. The van der Waals surface area contributed by atoms with Crippen LogP contribution in [0.25, 0.3) is 5.69 Å². The second-order valence-electron chi connectivity index (χ2n) is 9.89. The number of piperidine rings is 1. The van der Waals surface area contributed by atoms with Crippen molar-refractivity contribution in [3.63, 3.8) is 0 Å². The fourth-order valence-electron chi connectivity index (χ4n) is 5.35. The predicted octanol–water partition coefficient (Wildman–Crippen LogP) is 2.03. The van der Waals surface area contributed by atoms with Crippen molar-refractivity contribution in [1.29, 1.82) is 5.26 Å². The van der Waals surface area contributed by atoms with Crippen LogP contribution >= 0.6 is 0 Å². The summed E-state index contributed by atoms with van der Waals surface area (Å²) in [6.07, 6.45) is 5.56. The molecule has 5 rings (SSSR count). The molecule has 0 saturated carbocycles. The summed E-state index contributed by atoms with van der Waals surface area (Å²) in [5.41, 5.74) is -0.446. The second kappa shape index (κ2) is 8.87. The molecule has 0 aliphatic carbocycles. The smallest absolute Gasteiger partial charge is 0.368 e. The van der Waals surface area contributed by atoms with Crippen LogP contribution in [-0.4, -0.2) is 63.9 Å². The maximum atomic E-state index is 14.7.